The Kier molecular flexibility index (Phi) is 4.53. The quantitative estimate of drug-likeness (QED) is 0.695. The number of nitrogens with one attached hydrogen (secondary N) is 2. The Morgan fingerprint density at radius 3 is 2.56 bits per heavy atom. The molecule has 0 aliphatic heterocycles. The van der Waals surface area contributed by atoms with Gasteiger partial charge in [-0.1, -0.05) is 12.1 Å². The molecule has 0 aliphatic carbocycles. The smallest absolute Gasteiger partial charge is 0.410 e. The molecule has 5 nitrogen and oxygen atoms in total. The summed E-state index contributed by atoms with van der Waals surface area (Å²) in [5.41, 5.74) is 0.982. The van der Waals surface area contributed by atoms with E-state index < -0.39 is 6.09 Å². The lowest BCUT2D eigenvalue weighted by atomic mass is 10.2. The summed E-state index contributed by atoms with van der Waals surface area (Å²) in [5.74, 6) is 0.773. The molecular formula is C10H12N2O3S. The average molecular weight is 240 g/mol. The van der Waals surface area contributed by atoms with Crippen molar-refractivity contribution in [3.63, 3.8) is 0 Å². The molecule has 0 fully saturated rings. The maximum absolute atomic E-state index is 10.2. The van der Waals surface area contributed by atoms with Gasteiger partial charge in [0.15, 0.2) is 5.11 Å². The monoisotopic (exact) mass is 240 g/mol. The van der Waals surface area contributed by atoms with Gasteiger partial charge in [0.25, 0.3) is 0 Å². The highest BCUT2D eigenvalue weighted by molar-refractivity contribution is 7.80. The minimum absolute atomic E-state index is 0.0864. The van der Waals surface area contributed by atoms with Crippen molar-refractivity contribution >= 4 is 23.4 Å². The number of thiocarbonyl (C=S) groups is 1. The third-order valence-electron chi connectivity index (χ3n) is 1.83. The Bertz CT molecular complexity index is 378. The van der Waals surface area contributed by atoms with Gasteiger partial charge in [-0.2, -0.15) is 0 Å². The van der Waals surface area contributed by atoms with Crippen molar-refractivity contribution in [1.29, 1.82) is 0 Å². The first-order valence-electron chi connectivity index (χ1n) is 4.52. The van der Waals surface area contributed by atoms with Crippen LogP contribution in [0.1, 0.15) is 5.56 Å². The zero-order valence-corrected chi connectivity index (χ0v) is 9.50. The summed E-state index contributed by atoms with van der Waals surface area (Å²) in [6, 6.07) is 7.39. The molecule has 3 N–H and O–H groups in total. The van der Waals surface area contributed by atoms with Crippen molar-refractivity contribution in [3.8, 4) is 5.75 Å². The Morgan fingerprint density at radius 2 is 2.06 bits per heavy atom. The van der Waals surface area contributed by atoms with Crippen molar-refractivity contribution in [2.75, 3.05) is 7.11 Å². The van der Waals surface area contributed by atoms with Gasteiger partial charge >= 0.3 is 6.09 Å². The third-order valence-corrected chi connectivity index (χ3v) is 2.08. The van der Waals surface area contributed by atoms with E-state index in [9.17, 15) is 4.79 Å². The van der Waals surface area contributed by atoms with E-state index in [1.54, 1.807) is 7.11 Å². The van der Waals surface area contributed by atoms with E-state index in [4.69, 9.17) is 22.1 Å². The van der Waals surface area contributed by atoms with Crippen LogP contribution >= 0.6 is 12.2 Å². The number of carbonyl (C=O) groups is 1. The zero-order chi connectivity index (χ0) is 12.0. The SMILES string of the molecule is COc1ccc(CNC(=S)NC(=O)O)cc1. The molecule has 1 aromatic rings. The number of amides is 1. The molecule has 0 aliphatic rings. The van der Waals surface area contributed by atoms with Crippen LogP contribution in [0.2, 0.25) is 0 Å². The standard InChI is InChI=1S/C10H12N2O3S/c1-15-8-4-2-7(3-5-8)6-11-9(16)12-10(13)14/h2-5H,6H2,1H3,(H,13,14)(H2,11,12,16). The van der Waals surface area contributed by atoms with Crippen LogP contribution in [-0.4, -0.2) is 23.4 Å². The van der Waals surface area contributed by atoms with Crippen molar-refractivity contribution in [3.05, 3.63) is 29.8 Å². The second-order valence-corrected chi connectivity index (χ2v) is 3.37. The van der Waals surface area contributed by atoms with Crippen molar-refractivity contribution in [2.45, 2.75) is 6.54 Å². The number of methoxy groups -OCH3 is 1. The van der Waals surface area contributed by atoms with Crippen LogP contribution in [0.15, 0.2) is 24.3 Å². The molecule has 0 radical (unpaired) electrons. The maximum atomic E-state index is 10.2. The Morgan fingerprint density at radius 1 is 1.44 bits per heavy atom. The van der Waals surface area contributed by atoms with Gasteiger partial charge in [-0.15, -0.1) is 0 Å². The first-order chi connectivity index (χ1) is 7.61. The molecule has 16 heavy (non-hydrogen) atoms. The molecule has 0 atom stereocenters. The summed E-state index contributed by atoms with van der Waals surface area (Å²) in [4.78, 5) is 10.2. The molecule has 86 valence electrons. The molecule has 0 bridgehead atoms. The van der Waals surface area contributed by atoms with Gasteiger partial charge in [0.05, 0.1) is 7.11 Å². The second kappa shape index (κ2) is 5.92. The third kappa shape index (κ3) is 4.14. The van der Waals surface area contributed by atoms with Gasteiger partial charge in [-0.25, -0.2) is 4.79 Å². The first-order valence-corrected chi connectivity index (χ1v) is 4.93. The van der Waals surface area contributed by atoms with E-state index in [0.29, 0.717) is 6.54 Å². The van der Waals surface area contributed by atoms with Gasteiger partial charge in [0.1, 0.15) is 5.75 Å². The summed E-state index contributed by atoms with van der Waals surface area (Å²) < 4.78 is 5.01. The molecule has 0 aromatic heterocycles. The lowest BCUT2D eigenvalue weighted by molar-refractivity contribution is 0.200. The Hall–Kier alpha value is -1.82. The van der Waals surface area contributed by atoms with E-state index in [2.05, 4.69) is 5.32 Å². The molecule has 0 saturated carbocycles. The summed E-state index contributed by atoms with van der Waals surface area (Å²) in [6.07, 6.45) is -1.17. The van der Waals surface area contributed by atoms with Gasteiger partial charge in [-0.3, -0.25) is 5.32 Å². The molecule has 6 heteroatoms. The zero-order valence-electron chi connectivity index (χ0n) is 8.69. The maximum Gasteiger partial charge on any atom is 0.410 e. The predicted molar refractivity (Wildman–Crippen MR) is 63.6 cm³/mol. The summed E-state index contributed by atoms with van der Waals surface area (Å²) in [6.45, 7) is 0.461. The fourth-order valence-electron chi connectivity index (χ4n) is 1.07. The van der Waals surface area contributed by atoms with Gasteiger partial charge in [0.2, 0.25) is 0 Å². The molecule has 1 rings (SSSR count). The normalized spacial score (nSPS) is 9.31. The fourth-order valence-corrected chi connectivity index (χ4v) is 1.23. The summed E-state index contributed by atoms with van der Waals surface area (Å²) in [5, 5.41) is 13.3. The molecule has 0 unspecified atom stereocenters. The second-order valence-electron chi connectivity index (χ2n) is 2.96. The Balaban J connectivity index is 2.42. The van der Waals surface area contributed by atoms with Crippen LogP contribution in [0.3, 0.4) is 0 Å². The van der Waals surface area contributed by atoms with Crippen LogP contribution < -0.4 is 15.4 Å². The highest BCUT2D eigenvalue weighted by Gasteiger charge is 2.00. The van der Waals surface area contributed by atoms with Gasteiger partial charge in [0, 0.05) is 6.54 Å². The lowest BCUT2D eigenvalue weighted by Gasteiger charge is -2.07. The van der Waals surface area contributed by atoms with E-state index in [1.165, 1.54) is 0 Å². The highest BCUT2D eigenvalue weighted by atomic mass is 32.1. The van der Waals surface area contributed by atoms with Crippen molar-refractivity contribution in [1.82, 2.24) is 10.6 Å². The van der Waals surface area contributed by atoms with Crippen molar-refractivity contribution < 1.29 is 14.6 Å². The predicted octanol–water partition coefficient (Wildman–Crippen LogP) is 1.34. The number of hydrogen-bond donors (Lipinski definition) is 3. The number of hydrogen-bond acceptors (Lipinski definition) is 3. The van der Waals surface area contributed by atoms with Gasteiger partial charge < -0.3 is 15.2 Å². The van der Waals surface area contributed by atoms with Crippen LogP contribution in [0.5, 0.6) is 5.75 Å². The molecule has 0 saturated heterocycles. The van der Waals surface area contributed by atoms with E-state index >= 15 is 0 Å². The molecular weight excluding hydrogens is 228 g/mol. The van der Waals surface area contributed by atoms with Crippen molar-refractivity contribution in [2.24, 2.45) is 0 Å². The van der Waals surface area contributed by atoms with E-state index in [0.717, 1.165) is 11.3 Å². The fraction of sp³-hybridized carbons (Fsp3) is 0.200. The number of ether oxygens (including phenoxy) is 1. The molecule has 1 aromatic carbocycles. The van der Waals surface area contributed by atoms with Gasteiger partial charge in [-0.05, 0) is 29.9 Å². The Labute approximate surface area is 98.4 Å². The molecule has 0 spiro atoms. The number of carboxylic acid groups (broad SMARTS) is 1. The summed E-state index contributed by atoms with van der Waals surface area (Å²) >= 11 is 4.75. The minimum Gasteiger partial charge on any atom is -0.497 e. The highest BCUT2D eigenvalue weighted by Crippen LogP contribution is 2.10. The molecule has 1 amide bonds. The van der Waals surface area contributed by atoms with E-state index in [-0.39, 0.29) is 5.11 Å². The van der Waals surface area contributed by atoms with Crippen LogP contribution in [0.4, 0.5) is 4.79 Å². The number of benzene rings is 1. The van der Waals surface area contributed by atoms with Crippen LogP contribution in [-0.2, 0) is 6.54 Å². The topological polar surface area (TPSA) is 70.6 Å². The lowest BCUT2D eigenvalue weighted by Crippen LogP contribution is -2.37. The van der Waals surface area contributed by atoms with E-state index in [1.807, 2.05) is 29.6 Å². The minimum atomic E-state index is -1.17. The summed E-state index contributed by atoms with van der Waals surface area (Å²) in [7, 11) is 1.60. The number of rotatable bonds is 3. The first kappa shape index (κ1) is 12.3. The average Bonchev–Trinajstić information content (AvgIpc) is 2.26. The largest absolute Gasteiger partial charge is 0.497 e. The van der Waals surface area contributed by atoms with Crippen LogP contribution in [0.25, 0.3) is 0 Å². The molecule has 0 heterocycles. The van der Waals surface area contributed by atoms with Crippen LogP contribution in [0, 0.1) is 0 Å².